The second-order valence-electron chi connectivity index (χ2n) is 5.37. The SMILES string of the molecule is Cc1cccc(Cl)c1CN1CCc2nc(N)[nH]c(=O)c2C1. The standard InChI is InChI=1S/C15H17ClN4O/c1-9-3-2-4-12(16)10(9)7-20-6-5-13-11(8-20)14(21)19-15(17)18-13/h2-4H,5-8H2,1H3,(H3,17,18,19,21). The number of hydrogen-bond acceptors (Lipinski definition) is 4. The van der Waals surface area contributed by atoms with Gasteiger partial charge < -0.3 is 5.73 Å². The van der Waals surface area contributed by atoms with E-state index in [4.69, 9.17) is 17.3 Å². The van der Waals surface area contributed by atoms with Crippen molar-refractivity contribution in [2.24, 2.45) is 0 Å². The fourth-order valence-corrected chi connectivity index (χ4v) is 3.01. The smallest absolute Gasteiger partial charge is 0.257 e. The van der Waals surface area contributed by atoms with E-state index in [2.05, 4.69) is 14.9 Å². The lowest BCUT2D eigenvalue weighted by Crippen LogP contribution is -2.35. The van der Waals surface area contributed by atoms with Gasteiger partial charge in [0, 0.05) is 31.1 Å². The summed E-state index contributed by atoms with van der Waals surface area (Å²) < 4.78 is 0. The molecule has 0 saturated carbocycles. The second kappa shape index (κ2) is 5.50. The van der Waals surface area contributed by atoms with Crippen molar-refractivity contribution in [3.05, 3.63) is 56.0 Å². The molecular weight excluding hydrogens is 288 g/mol. The van der Waals surface area contributed by atoms with Crippen LogP contribution in [0.5, 0.6) is 0 Å². The van der Waals surface area contributed by atoms with Crippen LogP contribution < -0.4 is 11.3 Å². The highest BCUT2D eigenvalue weighted by molar-refractivity contribution is 6.31. The van der Waals surface area contributed by atoms with Crippen LogP contribution in [-0.2, 0) is 19.5 Å². The molecule has 2 aromatic rings. The summed E-state index contributed by atoms with van der Waals surface area (Å²) in [6, 6.07) is 5.90. The number of aryl methyl sites for hydroxylation is 1. The van der Waals surface area contributed by atoms with Crippen LogP contribution in [0.1, 0.15) is 22.4 Å². The fourth-order valence-electron chi connectivity index (χ4n) is 2.73. The zero-order chi connectivity index (χ0) is 15.0. The van der Waals surface area contributed by atoms with Crippen molar-refractivity contribution in [2.75, 3.05) is 12.3 Å². The summed E-state index contributed by atoms with van der Waals surface area (Å²) in [5, 5.41) is 0.769. The van der Waals surface area contributed by atoms with Crippen molar-refractivity contribution in [1.82, 2.24) is 14.9 Å². The molecule has 0 aliphatic carbocycles. The largest absolute Gasteiger partial charge is 0.369 e. The Labute approximate surface area is 127 Å². The van der Waals surface area contributed by atoms with E-state index >= 15 is 0 Å². The Morgan fingerprint density at radius 1 is 1.48 bits per heavy atom. The molecule has 0 spiro atoms. The molecule has 3 rings (SSSR count). The van der Waals surface area contributed by atoms with Gasteiger partial charge in [0.15, 0.2) is 0 Å². The van der Waals surface area contributed by atoms with Crippen LogP contribution in [0.15, 0.2) is 23.0 Å². The van der Waals surface area contributed by atoms with Crippen molar-refractivity contribution in [1.29, 1.82) is 0 Å². The zero-order valence-corrected chi connectivity index (χ0v) is 12.6. The normalized spacial score (nSPS) is 15.0. The fraction of sp³-hybridized carbons (Fsp3) is 0.333. The Hall–Kier alpha value is -1.85. The van der Waals surface area contributed by atoms with Gasteiger partial charge in [-0.3, -0.25) is 14.7 Å². The number of nitrogen functional groups attached to an aromatic ring is 1. The summed E-state index contributed by atoms with van der Waals surface area (Å²) in [6.45, 7) is 4.19. The molecule has 0 saturated heterocycles. The lowest BCUT2D eigenvalue weighted by atomic mass is 10.0. The minimum absolute atomic E-state index is 0.141. The van der Waals surface area contributed by atoms with Crippen LogP contribution in [0.2, 0.25) is 5.02 Å². The number of hydrogen-bond donors (Lipinski definition) is 2. The molecule has 0 unspecified atom stereocenters. The Bertz CT molecular complexity index is 721. The predicted molar refractivity (Wildman–Crippen MR) is 83.3 cm³/mol. The molecule has 2 heterocycles. The molecule has 1 aromatic heterocycles. The molecule has 3 N–H and O–H groups in total. The molecule has 0 fully saturated rings. The molecule has 110 valence electrons. The van der Waals surface area contributed by atoms with Gasteiger partial charge in [0.1, 0.15) is 0 Å². The number of halogens is 1. The van der Waals surface area contributed by atoms with Gasteiger partial charge in [-0.25, -0.2) is 4.98 Å². The summed E-state index contributed by atoms with van der Waals surface area (Å²) in [6.07, 6.45) is 0.729. The highest BCUT2D eigenvalue weighted by atomic mass is 35.5. The maximum Gasteiger partial charge on any atom is 0.257 e. The Kier molecular flexibility index (Phi) is 3.69. The molecule has 0 bridgehead atoms. The molecule has 1 aliphatic heterocycles. The first-order valence-electron chi connectivity index (χ1n) is 6.88. The van der Waals surface area contributed by atoms with Crippen molar-refractivity contribution < 1.29 is 0 Å². The van der Waals surface area contributed by atoms with Gasteiger partial charge in [-0.1, -0.05) is 23.7 Å². The second-order valence-corrected chi connectivity index (χ2v) is 5.78. The zero-order valence-electron chi connectivity index (χ0n) is 11.8. The minimum atomic E-state index is -0.141. The van der Waals surface area contributed by atoms with E-state index in [1.54, 1.807) is 0 Å². The number of H-pyrrole nitrogens is 1. The summed E-state index contributed by atoms with van der Waals surface area (Å²) in [4.78, 5) is 21.0. The first kappa shape index (κ1) is 14.1. The quantitative estimate of drug-likeness (QED) is 0.888. The third kappa shape index (κ3) is 2.80. The molecule has 6 heteroatoms. The van der Waals surface area contributed by atoms with Crippen LogP contribution in [0.4, 0.5) is 5.95 Å². The van der Waals surface area contributed by atoms with Crippen LogP contribution in [0.25, 0.3) is 0 Å². The number of nitrogens with zero attached hydrogens (tertiary/aromatic N) is 2. The average Bonchev–Trinajstić information content (AvgIpc) is 2.43. The number of aromatic nitrogens is 2. The van der Waals surface area contributed by atoms with Crippen LogP contribution in [0.3, 0.4) is 0 Å². The molecule has 21 heavy (non-hydrogen) atoms. The van der Waals surface area contributed by atoms with Crippen molar-refractivity contribution in [3.8, 4) is 0 Å². The summed E-state index contributed by atoms with van der Waals surface area (Å²) in [5.74, 6) is 0.189. The molecule has 1 aromatic carbocycles. The Balaban J connectivity index is 1.86. The molecular formula is C15H17ClN4O. The first-order chi connectivity index (χ1) is 10.0. The molecule has 5 nitrogen and oxygen atoms in total. The highest BCUT2D eigenvalue weighted by Crippen LogP contribution is 2.23. The van der Waals surface area contributed by atoms with E-state index in [-0.39, 0.29) is 11.5 Å². The maximum absolute atomic E-state index is 12.0. The number of nitrogens with one attached hydrogen (secondary N) is 1. The van der Waals surface area contributed by atoms with Gasteiger partial charge in [0.05, 0.1) is 11.3 Å². The minimum Gasteiger partial charge on any atom is -0.369 e. The van der Waals surface area contributed by atoms with Gasteiger partial charge in [-0.05, 0) is 24.1 Å². The predicted octanol–water partition coefficient (Wildman–Crippen LogP) is 1.87. The summed E-state index contributed by atoms with van der Waals surface area (Å²) in [7, 11) is 0. The molecule has 0 radical (unpaired) electrons. The van der Waals surface area contributed by atoms with Gasteiger partial charge in [0.2, 0.25) is 5.95 Å². The maximum atomic E-state index is 12.0. The monoisotopic (exact) mass is 304 g/mol. The lowest BCUT2D eigenvalue weighted by molar-refractivity contribution is 0.241. The molecule has 0 atom stereocenters. The van der Waals surface area contributed by atoms with Gasteiger partial charge >= 0.3 is 0 Å². The van der Waals surface area contributed by atoms with Crippen LogP contribution in [-0.4, -0.2) is 21.4 Å². The van der Waals surface area contributed by atoms with Crippen molar-refractivity contribution in [3.63, 3.8) is 0 Å². The topological polar surface area (TPSA) is 75.0 Å². The van der Waals surface area contributed by atoms with E-state index in [0.29, 0.717) is 12.1 Å². The number of anilines is 1. The lowest BCUT2D eigenvalue weighted by Gasteiger charge is -2.28. The van der Waals surface area contributed by atoms with Crippen molar-refractivity contribution in [2.45, 2.75) is 26.4 Å². The van der Waals surface area contributed by atoms with Gasteiger partial charge in [0.25, 0.3) is 5.56 Å². The summed E-state index contributed by atoms with van der Waals surface area (Å²) >= 11 is 6.28. The number of fused-ring (bicyclic) bond motifs is 1. The molecule has 1 aliphatic rings. The molecule has 0 amide bonds. The van der Waals surface area contributed by atoms with E-state index < -0.39 is 0 Å². The van der Waals surface area contributed by atoms with E-state index in [9.17, 15) is 4.79 Å². The number of nitrogens with two attached hydrogens (primary N) is 1. The van der Waals surface area contributed by atoms with Gasteiger partial charge in [-0.15, -0.1) is 0 Å². The van der Waals surface area contributed by atoms with E-state index in [1.165, 1.54) is 0 Å². The van der Waals surface area contributed by atoms with E-state index in [1.807, 2.05) is 25.1 Å². The Morgan fingerprint density at radius 3 is 3.05 bits per heavy atom. The highest BCUT2D eigenvalue weighted by Gasteiger charge is 2.21. The number of aromatic amines is 1. The number of rotatable bonds is 2. The Morgan fingerprint density at radius 2 is 2.29 bits per heavy atom. The van der Waals surface area contributed by atoms with E-state index in [0.717, 1.165) is 41.4 Å². The van der Waals surface area contributed by atoms with Crippen LogP contribution >= 0.6 is 11.6 Å². The number of benzene rings is 1. The first-order valence-corrected chi connectivity index (χ1v) is 7.26. The third-order valence-corrected chi connectivity index (χ3v) is 4.25. The third-order valence-electron chi connectivity index (χ3n) is 3.90. The van der Waals surface area contributed by atoms with Crippen LogP contribution in [0, 0.1) is 6.92 Å². The van der Waals surface area contributed by atoms with Gasteiger partial charge in [-0.2, -0.15) is 0 Å². The summed E-state index contributed by atoms with van der Waals surface area (Å²) in [5.41, 5.74) is 9.24. The van der Waals surface area contributed by atoms with Crippen molar-refractivity contribution >= 4 is 17.5 Å². The average molecular weight is 305 g/mol.